The van der Waals surface area contributed by atoms with Crippen molar-refractivity contribution in [2.75, 3.05) is 5.43 Å². The fourth-order valence-corrected chi connectivity index (χ4v) is 1.50. The number of aryl methyl sites for hydroxylation is 1. The minimum absolute atomic E-state index is 0.188. The molecule has 0 atom stereocenters. The second kappa shape index (κ2) is 4.84. The number of nitrogens with one attached hydrogen (secondary N) is 1. The highest BCUT2D eigenvalue weighted by Crippen LogP contribution is 2.28. The molecule has 0 radical (unpaired) electrons. The molecule has 0 amide bonds. The summed E-state index contributed by atoms with van der Waals surface area (Å²) < 4.78 is 19.1. The average Bonchev–Trinajstić information content (AvgIpc) is 2.34. The van der Waals surface area contributed by atoms with Gasteiger partial charge in [-0.15, -0.1) is 0 Å². The molecule has 0 saturated heterocycles. The van der Waals surface area contributed by atoms with E-state index in [1.807, 2.05) is 25.1 Å². The van der Waals surface area contributed by atoms with Crippen LogP contribution in [0, 0.1) is 12.7 Å². The molecule has 0 fully saturated rings. The van der Waals surface area contributed by atoms with Gasteiger partial charge in [-0.3, -0.25) is 5.84 Å². The second-order valence-electron chi connectivity index (χ2n) is 3.66. The van der Waals surface area contributed by atoms with Gasteiger partial charge in [0.1, 0.15) is 5.75 Å². The van der Waals surface area contributed by atoms with Crippen molar-refractivity contribution in [3.05, 3.63) is 53.8 Å². The molecule has 2 aromatic rings. The maximum Gasteiger partial charge on any atom is 0.167 e. The fraction of sp³-hybridized carbons (Fsp3) is 0.0769. The largest absolute Gasteiger partial charge is 0.454 e. The summed E-state index contributed by atoms with van der Waals surface area (Å²) >= 11 is 0. The van der Waals surface area contributed by atoms with Gasteiger partial charge in [0.25, 0.3) is 0 Å². The van der Waals surface area contributed by atoms with E-state index in [0.717, 1.165) is 5.56 Å². The SMILES string of the molecule is Cc1cc(Oc2ccccc2)c(F)cc1NN. The molecule has 0 aliphatic heterocycles. The van der Waals surface area contributed by atoms with E-state index in [-0.39, 0.29) is 5.75 Å². The first-order chi connectivity index (χ1) is 8.20. The lowest BCUT2D eigenvalue weighted by Gasteiger charge is -2.10. The monoisotopic (exact) mass is 232 g/mol. The molecule has 0 aliphatic rings. The fourth-order valence-electron chi connectivity index (χ4n) is 1.50. The van der Waals surface area contributed by atoms with Gasteiger partial charge in [-0.1, -0.05) is 18.2 Å². The number of hydrogen-bond acceptors (Lipinski definition) is 3. The zero-order valence-corrected chi connectivity index (χ0v) is 9.41. The van der Waals surface area contributed by atoms with Crippen LogP contribution >= 0.6 is 0 Å². The van der Waals surface area contributed by atoms with Gasteiger partial charge in [0.15, 0.2) is 11.6 Å². The first-order valence-corrected chi connectivity index (χ1v) is 5.20. The van der Waals surface area contributed by atoms with E-state index in [2.05, 4.69) is 5.43 Å². The minimum atomic E-state index is -0.451. The molecule has 2 rings (SSSR count). The van der Waals surface area contributed by atoms with E-state index in [0.29, 0.717) is 11.4 Å². The smallest absolute Gasteiger partial charge is 0.167 e. The number of anilines is 1. The number of hydrazine groups is 1. The van der Waals surface area contributed by atoms with Crippen LogP contribution in [0.4, 0.5) is 10.1 Å². The molecule has 0 bridgehead atoms. The van der Waals surface area contributed by atoms with Gasteiger partial charge in [0, 0.05) is 6.07 Å². The van der Waals surface area contributed by atoms with Crippen LogP contribution in [0.15, 0.2) is 42.5 Å². The molecular weight excluding hydrogens is 219 g/mol. The van der Waals surface area contributed by atoms with Crippen molar-refractivity contribution >= 4 is 5.69 Å². The number of ether oxygens (including phenoxy) is 1. The molecule has 0 aliphatic carbocycles. The molecule has 0 saturated carbocycles. The molecule has 2 aromatic carbocycles. The molecule has 17 heavy (non-hydrogen) atoms. The van der Waals surface area contributed by atoms with Gasteiger partial charge >= 0.3 is 0 Å². The summed E-state index contributed by atoms with van der Waals surface area (Å²) in [6.07, 6.45) is 0. The van der Waals surface area contributed by atoms with Gasteiger partial charge in [-0.25, -0.2) is 4.39 Å². The first kappa shape index (κ1) is 11.4. The Bertz CT molecular complexity index is 514. The van der Waals surface area contributed by atoms with Crippen LogP contribution in [0.25, 0.3) is 0 Å². The van der Waals surface area contributed by atoms with Crippen LogP contribution in [0.3, 0.4) is 0 Å². The normalized spacial score (nSPS) is 10.1. The molecule has 88 valence electrons. The Morgan fingerprint density at radius 2 is 1.88 bits per heavy atom. The third-order valence-electron chi connectivity index (χ3n) is 2.41. The van der Waals surface area contributed by atoms with Crippen LogP contribution in [-0.2, 0) is 0 Å². The van der Waals surface area contributed by atoms with Crippen molar-refractivity contribution in [3.63, 3.8) is 0 Å². The van der Waals surface area contributed by atoms with Crippen molar-refractivity contribution < 1.29 is 9.13 Å². The maximum absolute atomic E-state index is 13.7. The highest BCUT2D eigenvalue weighted by Gasteiger charge is 2.08. The quantitative estimate of drug-likeness (QED) is 0.631. The van der Waals surface area contributed by atoms with Gasteiger partial charge in [0.05, 0.1) is 5.69 Å². The van der Waals surface area contributed by atoms with Crippen molar-refractivity contribution in [1.82, 2.24) is 0 Å². The van der Waals surface area contributed by atoms with Crippen LogP contribution in [0.2, 0.25) is 0 Å². The van der Waals surface area contributed by atoms with Crippen LogP contribution in [-0.4, -0.2) is 0 Å². The second-order valence-corrected chi connectivity index (χ2v) is 3.66. The molecule has 0 unspecified atom stereocenters. The Balaban J connectivity index is 2.31. The van der Waals surface area contributed by atoms with E-state index >= 15 is 0 Å². The zero-order chi connectivity index (χ0) is 12.3. The third-order valence-corrected chi connectivity index (χ3v) is 2.41. The molecular formula is C13H13FN2O. The Labute approximate surface area is 99.0 Å². The topological polar surface area (TPSA) is 47.3 Å². The Morgan fingerprint density at radius 1 is 1.18 bits per heavy atom. The number of nitrogens with two attached hydrogens (primary N) is 1. The Hall–Kier alpha value is -2.07. The average molecular weight is 232 g/mol. The molecule has 0 heterocycles. The minimum Gasteiger partial charge on any atom is -0.454 e. The van der Waals surface area contributed by atoms with E-state index in [1.54, 1.807) is 18.2 Å². The van der Waals surface area contributed by atoms with E-state index in [4.69, 9.17) is 10.6 Å². The van der Waals surface area contributed by atoms with Crippen LogP contribution in [0.1, 0.15) is 5.56 Å². The summed E-state index contributed by atoms with van der Waals surface area (Å²) in [6, 6.07) is 12.0. The van der Waals surface area contributed by atoms with Crippen molar-refractivity contribution in [2.24, 2.45) is 5.84 Å². The molecule has 0 aromatic heterocycles. The number of nitrogen functional groups attached to an aromatic ring is 1. The zero-order valence-electron chi connectivity index (χ0n) is 9.41. The molecule has 0 spiro atoms. The Morgan fingerprint density at radius 3 is 2.53 bits per heavy atom. The van der Waals surface area contributed by atoms with E-state index in [9.17, 15) is 4.39 Å². The molecule has 4 heteroatoms. The lowest BCUT2D eigenvalue weighted by Crippen LogP contribution is -2.08. The highest BCUT2D eigenvalue weighted by atomic mass is 19.1. The van der Waals surface area contributed by atoms with E-state index < -0.39 is 5.82 Å². The number of rotatable bonds is 3. The van der Waals surface area contributed by atoms with Gasteiger partial charge in [0.2, 0.25) is 0 Å². The summed E-state index contributed by atoms with van der Waals surface area (Å²) in [5.41, 5.74) is 3.80. The van der Waals surface area contributed by atoms with Crippen LogP contribution < -0.4 is 16.0 Å². The van der Waals surface area contributed by atoms with Gasteiger partial charge in [-0.2, -0.15) is 0 Å². The van der Waals surface area contributed by atoms with Crippen molar-refractivity contribution in [3.8, 4) is 11.5 Å². The lowest BCUT2D eigenvalue weighted by atomic mass is 10.2. The molecule has 3 N–H and O–H groups in total. The Kier molecular flexibility index (Phi) is 3.25. The third kappa shape index (κ3) is 2.54. The molecule has 3 nitrogen and oxygen atoms in total. The first-order valence-electron chi connectivity index (χ1n) is 5.20. The maximum atomic E-state index is 13.7. The number of para-hydroxylation sites is 1. The predicted molar refractivity (Wildman–Crippen MR) is 65.5 cm³/mol. The summed E-state index contributed by atoms with van der Waals surface area (Å²) in [5, 5.41) is 0. The van der Waals surface area contributed by atoms with Gasteiger partial charge < -0.3 is 10.2 Å². The van der Waals surface area contributed by atoms with Gasteiger partial charge in [-0.05, 0) is 30.7 Å². The standard InChI is InChI=1S/C13H13FN2O/c1-9-7-13(11(14)8-12(9)16-15)17-10-5-3-2-4-6-10/h2-8,16H,15H2,1H3. The summed E-state index contributed by atoms with van der Waals surface area (Å²) in [6.45, 7) is 1.83. The summed E-state index contributed by atoms with van der Waals surface area (Å²) in [7, 11) is 0. The predicted octanol–water partition coefficient (Wildman–Crippen LogP) is 3.21. The lowest BCUT2D eigenvalue weighted by molar-refractivity contribution is 0.442. The number of hydrogen-bond donors (Lipinski definition) is 2. The van der Waals surface area contributed by atoms with Crippen molar-refractivity contribution in [2.45, 2.75) is 6.92 Å². The number of halogens is 1. The summed E-state index contributed by atoms with van der Waals surface area (Å²) in [4.78, 5) is 0. The van der Waals surface area contributed by atoms with Crippen LogP contribution in [0.5, 0.6) is 11.5 Å². The number of benzene rings is 2. The van der Waals surface area contributed by atoms with E-state index in [1.165, 1.54) is 6.07 Å². The summed E-state index contributed by atoms with van der Waals surface area (Å²) in [5.74, 6) is 5.60. The highest BCUT2D eigenvalue weighted by molar-refractivity contribution is 5.54. The van der Waals surface area contributed by atoms with Crippen molar-refractivity contribution in [1.29, 1.82) is 0 Å².